The lowest BCUT2D eigenvalue weighted by Gasteiger charge is -2.40. The van der Waals surface area contributed by atoms with Crippen LogP contribution in [0.25, 0.3) is 0 Å². The molecule has 0 aliphatic carbocycles. The molecule has 0 aromatic heterocycles. The second kappa shape index (κ2) is 6.62. The fraction of sp³-hybridized carbons (Fsp3) is 0.625. The average Bonchev–Trinajstić information content (AvgIpc) is 2.38. The van der Waals surface area contributed by atoms with Crippen LogP contribution in [0.15, 0.2) is 18.2 Å². The molecule has 1 saturated heterocycles. The molecule has 1 aliphatic heterocycles. The summed E-state index contributed by atoms with van der Waals surface area (Å²) in [7, 11) is 0. The van der Waals surface area contributed by atoms with E-state index in [1.54, 1.807) is 0 Å². The molecule has 2 atom stereocenters. The SMILES string of the molecule is CCCNC1CCN(c2c(C)cccc2Cl)C(C)C1. The lowest BCUT2D eigenvalue weighted by Crippen LogP contribution is -2.48. The Bertz CT molecular complexity index is 399. The van der Waals surface area contributed by atoms with E-state index in [4.69, 9.17) is 11.6 Å². The van der Waals surface area contributed by atoms with Gasteiger partial charge in [0.2, 0.25) is 0 Å². The third kappa shape index (κ3) is 3.43. The highest BCUT2D eigenvalue weighted by atomic mass is 35.5. The van der Waals surface area contributed by atoms with Gasteiger partial charge in [0, 0.05) is 18.6 Å². The minimum atomic E-state index is 0.543. The number of anilines is 1. The molecular formula is C16H25ClN2. The number of hydrogen-bond donors (Lipinski definition) is 1. The maximum absolute atomic E-state index is 6.39. The van der Waals surface area contributed by atoms with E-state index >= 15 is 0 Å². The summed E-state index contributed by atoms with van der Waals surface area (Å²) < 4.78 is 0. The molecule has 1 aromatic carbocycles. The highest BCUT2D eigenvalue weighted by molar-refractivity contribution is 6.33. The van der Waals surface area contributed by atoms with Crippen molar-refractivity contribution < 1.29 is 0 Å². The molecule has 2 nitrogen and oxygen atoms in total. The van der Waals surface area contributed by atoms with E-state index in [9.17, 15) is 0 Å². The molecule has 2 unspecified atom stereocenters. The predicted molar refractivity (Wildman–Crippen MR) is 84.3 cm³/mol. The Balaban J connectivity index is 2.07. The minimum Gasteiger partial charge on any atom is -0.367 e. The van der Waals surface area contributed by atoms with Crippen LogP contribution in [0.5, 0.6) is 0 Å². The van der Waals surface area contributed by atoms with Gasteiger partial charge in [0.15, 0.2) is 0 Å². The second-order valence-corrected chi connectivity index (χ2v) is 6.03. The van der Waals surface area contributed by atoms with Crippen LogP contribution in [0.4, 0.5) is 5.69 Å². The van der Waals surface area contributed by atoms with Crippen molar-refractivity contribution in [1.29, 1.82) is 0 Å². The van der Waals surface area contributed by atoms with E-state index in [2.05, 4.69) is 37.1 Å². The number of piperidine rings is 1. The zero-order valence-electron chi connectivity index (χ0n) is 12.2. The van der Waals surface area contributed by atoms with Crippen LogP contribution >= 0.6 is 11.6 Å². The Morgan fingerprint density at radius 3 is 2.84 bits per heavy atom. The van der Waals surface area contributed by atoms with Gasteiger partial charge in [0.25, 0.3) is 0 Å². The zero-order chi connectivity index (χ0) is 13.8. The first kappa shape index (κ1) is 14.7. The van der Waals surface area contributed by atoms with E-state index in [1.165, 1.54) is 30.5 Å². The average molecular weight is 281 g/mol. The standard InChI is InChI=1S/C16H25ClN2/c1-4-9-18-14-8-10-19(13(3)11-14)16-12(2)6-5-7-15(16)17/h5-7,13-14,18H,4,8-11H2,1-3H3. The fourth-order valence-corrected chi connectivity index (χ4v) is 3.36. The summed E-state index contributed by atoms with van der Waals surface area (Å²) in [6.07, 6.45) is 3.61. The molecular weight excluding hydrogens is 256 g/mol. The molecule has 1 aliphatic rings. The maximum Gasteiger partial charge on any atom is 0.0642 e. The lowest BCUT2D eigenvalue weighted by molar-refractivity contribution is 0.368. The smallest absolute Gasteiger partial charge is 0.0642 e. The normalized spacial score (nSPS) is 23.7. The van der Waals surface area contributed by atoms with Crippen LogP contribution < -0.4 is 10.2 Å². The summed E-state index contributed by atoms with van der Waals surface area (Å²) >= 11 is 6.39. The number of hydrogen-bond acceptors (Lipinski definition) is 2. The van der Waals surface area contributed by atoms with Crippen molar-refractivity contribution in [2.45, 2.75) is 52.1 Å². The number of halogens is 1. The van der Waals surface area contributed by atoms with Gasteiger partial charge in [-0.2, -0.15) is 0 Å². The second-order valence-electron chi connectivity index (χ2n) is 5.62. The topological polar surface area (TPSA) is 15.3 Å². The molecule has 2 rings (SSSR count). The molecule has 1 heterocycles. The van der Waals surface area contributed by atoms with Crippen LogP contribution in [0.2, 0.25) is 5.02 Å². The number of para-hydroxylation sites is 1. The predicted octanol–water partition coefficient (Wildman–Crippen LogP) is 4.01. The highest BCUT2D eigenvalue weighted by Gasteiger charge is 2.27. The quantitative estimate of drug-likeness (QED) is 0.897. The van der Waals surface area contributed by atoms with Crippen molar-refractivity contribution in [3.05, 3.63) is 28.8 Å². The van der Waals surface area contributed by atoms with Gasteiger partial charge in [-0.05, 0) is 51.3 Å². The summed E-state index contributed by atoms with van der Waals surface area (Å²) in [4.78, 5) is 2.47. The lowest BCUT2D eigenvalue weighted by atomic mass is 9.96. The number of aryl methyl sites for hydroxylation is 1. The van der Waals surface area contributed by atoms with Crippen LogP contribution in [0, 0.1) is 6.92 Å². The molecule has 3 heteroatoms. The van der Waals surface area contributed by atoms with Crippen molar-refractivity contribution in [2.24, 2.45) is 0 Å². The number of nitrogens with zero attached hydrogens (tertiary/aromatic N) is 1. The Labute approximate surface area is 122 Å². The molecule has 1 fully saturated rings. The fourth-order valence-electron chi connectivity index (χ4n) is 3.03. The minimum absolute atomic E-state index is 0.543. The zero-order valence-corrected chi connectivity index (χ0v) is 13.0. The van der Waals surface area contributed by atoms with E-state index in [0.29, 0.717) is 12.1 Å². The van der Waals surface area contributed by atoms with Gasteiger partial charge in [0.1, 0.15) is 0 Å². The van der Waals surface area contributed by atoms with Gasteiger partial charge < -0.3 is 10.2 Å². The van der Waals surface area contributed by atoms with Crippen molar-refractivity contribution in [1.82, 2.24) is 5.32 Å². The van der Waals surface area contributed by atoms with Crippen LogP contribution in [-0.2, 0) is 0 Å². The van der Waals surface area contributed by atoms with Gasteiger partial charge in [0.05, 0.1) is 10.7 Å². The van der Waals surface area contributed by atoms with Crippen LogP contribution in [0.1, 0.15) is 38.7 Å². The first-order chi connectivity index (χ1) is 9.13. The Morgan fingerprint density at radius 2 is 2.21 bits per heavy atom. The van der Waals surface area contributed by atoms with Gasteiger partial charge in [-0.15, -0.1) is 0 Å². The summed E-state index contributed by atoms with van der Waals surface area (Å²) in [6.45, 7) is 8.90. The molecule has 1 N–H and O–H groups in total. The van der Waals surface area contributed by atoms with E-state index in [-0.39, 0.29) is 0 Å². The number of rotatable bonds is 4. The van der Waals surface area contributed by atoms with Crippen molar-refractivity contribution in [3.8, 4) is 0 Å². The van der Waals surface area contributed by atoms with Gasteiger partial charge in [-0.1, -0.05) is 30.7 Å². The molecule has 1 aromatic rings. The Kier molecular flexibility index (Phi) is 5.12. The number of benzene rings is 1. The van der Waals surface area contributed by atoms with Crippen LogP contribution in [-0.4, -0.2) is 25.2 Å². The summed E-state index contributed by atoms with van der Waals surface area (Å²) in [6, 6.07) is 7.38. The summed E-state index contributed by atoms with van der Waals surface area (Å²) in [5, 5.41) is 4.52. The molecule has 0 amide bonds. The van der Waals surface area contributed by atoms with Gasteiger partial charge >= 0.3 is 0 Å². The maximum atomic E-state index is 6.39. The Hall–Kier alpha value is -0.730. The molecule has 0 bridgehead atoms. The molecule has 0 radical (unpaired) electrons. The van der Waals surface area contributed by atoms with Crippen LogP contribution in [0.3, 0.4) is 0 Å². The van der Waals surface area contributed by atoms with Crippen molar-refractivity contribution in [2.75, 3.05) is 18.0 Å². The van der Waals surface area contributed by atoms with Gasteiger partial charge in [-0.3, -0.25) is 0 Å². The molecule has 106 valence electrons. The first-order valence-corrected chi connectivity index (χ1v) is 7.76. The number of nitrogens with one attached hydrogen (secondary N) is 1. The third-order valence-electron chi connectivity index (χ3n) is 4.03. The van der Waals surface area contributed by atoms with E-state index < -0.39 is 0 Å². The monoisotopic (exact) mass is 280 g/mol. The van der Waals surface area contributed by atoms with Gasteiger partial charge in [-0.25, -0.2) is 0 Å². The van der Waals surface area contributed by atoms with Crippen molar-refractivity contribution >= 4 is 17.3 Å². The van der Waals surface area contributed by atoms with E-state index in [1.807, 2.05) is 12.1 Å². The Morgan fingerprint density at radius 1 is 1.42 bits per heavy atom. The van der Waals surface area contributed by atoms with Crippen molar-refractivity contribution in [3.63, 3.8) is 0 Å². The molecule has 0 saturated carbocycles. The molecule has 0 spiro atoms. The first-order valence-electron chi connectivity index (χ1n) is 7.38. The largest absolute Gasteiger partial charge is 0.367 e. The highest BCUT2D eigenvalue weighted by Crippen LogP contribution is 2.33. The summed E-state index contributed by atoms with van der Waals surface area (Å²) in [5.74, 6) is 0. The third-order valence-corrected chi connectivity index (χ3v) is 4.34. The summed E-state index contributed by atoms with van der Waals surface area (Å²) in [5.41, 5.74) is 2.50. The molecule has 19 heavy (non-hydrogen) atoms. The van der Waals surface area contributed by atoms with E-state index in [0.717, 1.165) is 18.1 Å².